The van der Waals surface area contributed by atoms with Crippen LogP contribution in [0, 0.1) is 5.82 Å². The second-order valence-electron chi connectivity index (χ2n) is 2.77. The summed E-state index contributed by atoms with van der Waals surface area (Å²) in [6.07, 6.45) is 0.800. The Bertz CT molecular complexity index is 291. The molecule has 1 aromatic rings. The largest absolute Gasteiger partial charge is 0.493 e. The highest BCUT2D eigenvalue weighted by Gasteiger charge is 2.00. The topological polar surface area (TPSA) is 18.5 Å². The number of hydrogen-bond acceptors (Lipinski definition) is 2. The molecule has 0 bridgehead atoms. The summed E-state index contributed by atoms with van der Waals surface area (Å²) in [5.41, 5.74) is 0. The Labute approximate surface area is 91.2 Å². The number of halogens is 2. The Balaban J connectivity index is 2.39. The normalized spacial score (nSPS) is 10.2. The van der Waals surface area contributed by atoms with Crippen LogP contribution in [0.15, 0.2) is 22.7 Å². The summed E-state index contributed by atoms with van der Waals surface area (Å²) in [5.74, 6) is 0.232. The molecule has 0 saturated carbocycles. The summed E-state index contributed by atoms with van der Waals surface area (Å²) in [6, 6.07) is 4.71. The van der Waals surface area contributed by atoms with Crippen LogP contribution < -0.4 is 4.74 Å². The van der Waals surface area contributed by atoms with E-state index in [2.05, 4.69) is 15.9 Å². The van der Waals surface area contributed by atoms with Crippen LogP contribution in [0.3, 0.4) is 0 Å². The summed E-state index contributed by atoms with van der Waals surface area (Å²) < 4.78 is 23.6. The van der Waals surface area contributed by atoms with E-state index >= 15 is 0 Å². The Morgan fingerprint density at radius 1 is 1.36 bits per heavy atom. The van der Waals surface area contributed by atoms with Gasteiger partial charge in [-0.3, -0.25) is 0 Å². The molecule has 0 atom stereocenters. The Morgan fingerprint density at radius 2 is 2.14 bits per heavy atom. The van der Waals surface area contributed by atoms with Crippen molar-refractivity contribution in [3.05, 3.63) is 28.5 Å². The lowest BCUT2D eigenvalue weighted by Crippen LogP contribution is -2.01. The first-order valence-corrected chi connectivity index (χ1v) is 5.10. The highest BCUT2D eigenvalue weighted by molar-refractivity contribution is 9.10. The van der Waals surface area contributed by atoms with Crippen molar-refractivity contribution >= 4 is 15.9 Å². The lowest BCUT2D eigenvalue weighted by molar-refractivity contribution is 0.172. The van der Waals surface area contributed by atoms with E-state index in [0.29, 0.717) is 23.4 Å². The van der Waals surface area contributed by atoms with E-state index < -0.39 is 0 Å². The zero-order valence-corrected chi connectivity index (χ0v) is 9.51. The van der Waals surface area contributed by atoms with Crippen LogP contribution in [0.4, 0.5) is 4.39 Å². The maximum atomic E-state index is 13.0. The van der Waals surface area contributed by atoms with E-state index in [1.165, 1.54) is 6.07 Å². The van der Waals surface area contributed by atoms with Crippen molar-refractivity contribution in [2.24, 2.45) is 0 Å². The highest BCUT2D eigenvalue weighted by Crippen LogP contribution is 2.20. The number of benzene rings is 1. The summed E-state index contributed by atoms with van der Waals surface area (Å²) in [6.45, 7) is 1.19. The van der Waals surface area contributed by atoms with Crippen molar-refractivity contribution < 1.29 is 13.9 Å². The van der Waals surface area contributed by atoms with Crippen LogP contribution in [0.1, 0.15) is 6.42 Å². The van der Waals surface area contributed by atoms with Crippen molar-refractivity contribution in [2.75, 3.05) is 20.3 Å². The molecule has 0 saturated heterocycles. The van der Waals surface area contributed by atoms with Crippen LogP contribution in [-0.2, 0) is 4.74 Å². The first-order valence-electron chi connectivity index (χ1n) is 4.31. The molecule has 1 aromatic carbocycles. The van der Waals surface area contributed by atoms with Gasteiger partial charge in [0.25, 0.3) is 0 Å². The molecular formula is C10H12BrFO2. The van der Waals surface area contributed by atoms with Crippen molar-refractivity contribution in [1.29, 1.82) is 0 Å². The second kappa shape index (κ2) is 5.98. The van der Waals surface area contributed by atoms with Gasteiger partial charge in [0.15, 0.2) is 0 Å². The van der Waals surface area contributed by atoms with Gasteiger partial charge in [0.1, 0.15) is 11.6 Å². The maximum Gasteiger partial charge on any atom is 0.141 e. The van der Waals surface area contributed by atoms with Gasteiger partial charge in [-0.15, -0.1) is 0 Å². The minimum atomic E-state index is -0.311. The van der Waals surface area contributed by atoms with E-state index in [-0.39, 0.29) is 5.82 Å². The number of ether oxygens (including phenoxy) is 2. The van der Waals surface area contributed by atoms with Crippen molar-refractivity contribution in [1.82, 2.24) is 0 Å². The Kier molecular flexibility index (Phi) is 4.90. The number of hydrogen-bond donors (Lipinski definition) is 0. The van der Waals surface area contributed by atoms with E-state index in [9.17, 15) is 4.39 Å². The standard InChI is InChI=1S/C10H12BrFO2/c1-13-5-2-6-14-8-3-4-9(11)10(12)7-8/h3-4,7H,2,5-6H2,1H3. The summed E-state index contributed by atoms with van der Waals surface area (Å²) in [5, 5.41) is 0. The first-order chi connectivity index (χ1) is 6.74. The molecule has 4 heteroatoms. The van der Waals surface area contributed by atoms with Gasteiger partial charge < -0.3 is 9.47 Å². The van der Waals surface area contributed by atoms with E-state index in [1.807, 2.05) is 0 Å². The Morgan fingerprint density at radius 3 is 2.79 bits per heavy atom. The lowest BCUT2D eigenvalue weighted by Gasteiger charge is -2.05. The van der Waals surface area contributed by atoms with Gasteiger partial charge in [-0.05, 0) is 28.1 Å². The smallest absolute Gasteiger partial charge is 0.141 e. The van der Waals surface area contributed by atoms with Gasteiger partial charge in [-0.25, -0.2) is 4.39 Å². The third-order valence-electron chi connectivity index (χ3n) is 1.65. The fraction of sp³-hybridized carbons (Fsp3) is 0.400. The fourth-order valence-corrected chi connectivity index (χ4v) is 1.21. The highest BCUT2D eigenvalue weighted by atomic mass is 79.9. The second-order valence-corrected chi connectivity index (χ2v) is 3.63. The van der Waals surface area contributed by atoms with Gasteiger partial charge in [-0.2, -0.15) is 0 Å². The molecule has 0 aliphatic heterocycles. The van der Waals surface area contributed by atoms with Crippen LogP contribution in [0.2, 0.25) is 0 Å². The van der Waals surface area contributed by atoms with E-state index in [4.69, 9.17) is 9.47 Å². The third kappa shape index (κ3) is 3.64. The molecule has 0 unspecified atom stereocenters. The van der Waals surface area contributed by atoms with Gasteiger partial charge >= 0.3 is 0 Å². The van der Waals surface area contributed by atoms with Gasteiger partial charge in [0.05, 0.1) is 11.1 Å². The molecule has 0 radical (unpaired) electrons. The zero-order chi connectivity index (χ0) is 10.4. The Hall–Kier alpha value is -0.610. The summed E-state index contributed by atoms with van der Waals surface area (Å²) >= 11 is 3.07. The third-order valence-corrected chi connectivity index (χ3v) is 2.30. The monoisotopic (exact) mass is 262 g/mol. The van der Waals surface area contributed by atoms with E-state index in [1.54, 1.807) is 19.2 Å². The minimum Gasteiger partial charge on any atom is -0.493 e. The van der Waals surface area contributed by atoms with Crippen LogP contribution in [0.5, 0.6) is 5.75 Å². The maximum absolute atomic E-state index is 13.0. The van der Waals surface area contributed by atoms with Gasteiger partial charge in [-0.1, -0.05) is 0 Å². The van der Waals surface area contributed by atoms with Crippen LogP contribution in [-0.4, -0.2) is 20.3 Å². The van der Waals surface area contributed by atoms with E-state index in [0.717, 1.165) is 6.42 Å². The molecule has 0 aliphatic carbocycles. The molecule has 0 N–H and O–H groups in total. The molecule has 0 aliphatic rings. The van der Waals surface area contributed by atoms with Crippen molar-refractivity contribution in [3.63, 3.8) is 0 Å². The molecular weight excluding hydrogens is 251 g/mol. The number of rotatable bonds is 5. The van der Waals surface area contributed by atoms with Crippen molar-refractivity contribution in [3.8, 4) is 5.75 Å². The quantitative estimate of drug-likeness (QED) is 0.760. The van der Waals surface area contributed by atoms with Crippen LogP contribution >= 0.6 is 15.9 Å². The molecule has 78 valence electrons. The number of methoxy groups -OCH3 is 1. The summed E-state index contributed by atoms with van der Waals surface area (Å²) in [4.78, 5) is 0. The van der Waals surface area contributed by atoms with Gasteiger partial charge in [0, 0.05) is 26.2 Å². The average Bonchev–Trinajstić information content (AvgIpc) is 2.18. The predicted octanol–water partition coefficient (Wildman–Crippen LogP) is 3.00. The SMILES string of the molecule is COCCCOc1ccc(Br)c(F)c1. The molecule has 0 fully saturated rings. The summed E-state index contributed by atoms with van der Waals surface area (Å²) in [7, 11) is 1.64. The molecule has 0 amide bonds. The minimum absolute atomic E-state index is 0.311. The fourth-order valence-electron chi connectivity index (χ4n) is 0.960. The molecule has 2 nitrogen and oxygen atoms in total. The molecule has 0 aromatic heterocycles. The predicted molar refractivity (Wildman–Crippen MR) is 56.1 cm³/mol. The average molecular weight is 263 g/mol. The van der Waals surface area contributed by atoms with Crippen LogP contribution in [0.25, 0.3) is 0 Å². The molecule has 14 heavy (non-hydrogen) atoms. The lowest BCUT2D eigenvalue weighted by atomic mass is 10.3. The molecule has 0 heterocycles. The van der Waals surface area contributed by atoms with Gasteiger partial charge in [0.2, 0.25) is 0 Å². The van der Waals surface area contributed by atoms with Crippen molar-refractivity contribution in [2.45, 2.75) is 6.42 Å². The molecule has 1 rings (SSSR count). The first kappa shape index (κ1) is 11.5. The zero-order valence-electron chi connectivity index (χ0n) is 7.93. The molecule has 0 spiro atoms.